The first-order chi connectivity index (χ1) is 10.3. The Morgan fingerprint density at radius 2 is 1.86 bits per heavy atom. The number of halogens is 4. The molecule has 2 aliphatic heterocycles. The molecule has 118 valence electrons. The van der Waals surface area contributed by atoms with Crippen LogP contribution in [0, 0.1) is 5.82 Å². The number of alkyl halides is 3. The van der Waals surface area contributed by atoms with E-state index >= 15 is 0 Å². The molecule has 2 N–H and O–H groups in total. The molecule has 4 nitrogen and oxygen atoms in total. The number of carbonyl (C=O) groups excluding carboxylic acids is 1. The number of nitrogens with one attached hydrogen (secondary N) is 2. The summed E-state index contributed by atoms with van der Waals surface area (Å²) < 4.78 is 52.4. The van der Waals surface area contributed by atoms with E-state index < -0.39 is 23.1 Å². The summed E-state index contributed by atoms with van der Waals surface area (Å²) in [6.07, 6.45) is -3.93. The van der Waals surface area contributed by atoms with Gasteiger partial charge in [0.05, 0.1) is 11.1 Å². The normalized spacial score (nSPS) is 20.9. The lowest BCUT2D eigenvalue weighted by Gasteiger charge is -2.28. The SMILES string of the molecule is O=C1NC(c2cccc(C(F)(F)F)c2F)=NC12CCNCC2. The number of piperidine rings is 1. The molecule has 2 aliphatic rings. The average Bonchev–Trinajstić information content (AvgIpc) is 2.75. The summed E-state index contributed by atoms with van der Waals surface area (Å²) in [7, 11) is 0. The number of rotatable bonds is 1. The monoisotopic (exact) mass is 315 g/mol. The molecule has 22 heavy (non-hydrogen) atoms. The number of aliphatic imine (C=N–C) groups is 1. The molecule has 0 aliphatic carbocycles. The summed E-state index contributed by atoms with van der Waals surface area (Å²) in [6, 6.07) is 2.95. The van der Waals surface area contributed by atoms with Crippen molar-refractivity contribution in [1.82, 2.24) is 10.6 Å². The Bertz CT molecular complexity index is 648. The van der Waals surface area contributed by atoms with E-state index in [0.717, 1.165) is 6.07 Å². The number of carbonyl (C=O) groups is 1. The zero-order valence-corrected chi connectivity index (χ0v) is 11.4. The second-order valence-electron chi connectivity index (χ2n) is 5.36. The number of amides is 1. The van der Waals surface area contributed by atoms with Crippen molar-refractivity contribution in [2.45, 2.75) is 24.6 Å². The molecule has 1 amide bonds. The lowest BCUT2D eigenvalue weighted by Crippen LogP contribution is -2.47. The fraction of sp³-hybridized carbons (Fsp3) is 0.429. The summed E-state index contributed by atoms with van der Waals surface area (Å²) in [4.78, 5) is 16.4. The van der Waals surface area contributed by atoms with Gasteiger partial charge in [-0.2, -0.15) is 13.2 Å². The van der Waals surface area contributed by atoms with Crippen LogP contribution in [0.5, 0.6) is 0 Å². The van der Waals surface area contributed by atoms with Gasteiger partial charge in [-0.05, 0) is 38.1 Å². The van der Waals surface area contributed by atoms with E-state index in [1.807, 2.05) is 0 Å². The Labute approximate surface area is 123 Å². The predicted molar refractivity (Wildman–Crippen MR) is 70.9 cm³/mol. The van der Waals surface area contributed by atoms with Crippen molar-refractivity contribution in [3.8, 4) is 0 Å². The molecule has 0 radical (unpaired) electrons. The third-order valence-corrected chi connectivity index (χ3v) is 3.97. The molecule has 0 saturated carbocycles. The molecule has 1 aromatic carbocycles. The Morgan fingerprint density at radius 3 is 2.50 bits per heavy atom. The van der Waals surface area contributed by atoms with E-state index in [2.05, 4.69) is 15.6 Å². The Morgan fingerprint density at radius 1 is 1.18 bits per heavy atom. The molecule has 1 spiro atoms. The predicted octanol–water partition coefficient (Wildman–Crippen LogP) is 1.84. The third kappa shape index (κ3) is 2.37. The molecule has 0 atom stereocenters. The smallest absolute Gasteiger partial charge is 0.317 e. The summed E-state index contributed by atoms with van der Waals surface area (Å²) in [5, 5.41) is 5.51. The molecule has 2 heterocycles. The average molecular weight is 315 g/mol. The molecule has 0 bridgehead atoms. The van der Waals surface area contributed by atoms with Crippen LogP contribution in [0.2, 0.25) is 0 Å². The van der Waals surface area contributed by atoms with Crippen LogP contribution in [-0.2, 0) is 11.0 Å². The lowest BCUT2D eigenvalue weighted by atomic mass is 9.89. The van der Waals surface area contributed by atoms with Crippen molar-refractivity contribution in [1.29, 1.82) is 0 Å². The van der Waals surface area contributed by atoms with Gasteiger partial charge in [0.15, 0.2) is 0 Å². The Kier molecular flexibility index (Phi) is 3.43. The zero-order chi connectivity index (χ0) is 16.0. The van der Waals surface area contributed by atoms with Crippen molar-refractivity contribution >= 4 is 11.7 Å². The summed E-state index contributed by atoms with van der Waals surface area (Å²) in [6.45, 7) is 1.16. The summed E-state index contributed by atoms with van der Waals surface area (Å²) >= 11 is 0. The van der Waals surface area contributed by atoms with Crippen molar-refractivity contribution in [3.05, 3.63) is 35.1 Å². The van der Waals surface area contributed by atoms with Crippen LogP contribution in [0.25, 0.3) is 0 Å². The fourth-order valence-corrected chi connectivity index (χ4v) is 2.76. The lowest BCUT2D eigenvalue weighted by molar-refractivity contribution is -0.140. The third-order valence-electron chi connectivity index (χ3n) is 3.97. The van der Waals surface area contributed by atoms with Crippen LogP contribution < -0.4 is 10.6 Å². The number of nitrogens with zero attached hydrogens (tertiary/aromatic N) is 1. The van der Waals surface area contributed by atoms with Gasteiger partial charge >= 0.3 is 6.18 Å². The molecule has 0 aromatic heterocycles. The second-order valence-corrected chi connectivity index (χ2v) is 5.36. The Balaban J connectivity index is 2.02. The molecule has 1 saturated heterocycles. The van der Waals surface area contributed by atoms with Crippen molar-refractivity contribution in [3.63, 3.8) is 0 Å². The van der Waals surface area contributed by atoms with Gasteiger partial charge in [-0.25, -0.2) is 4.39 Å². The first-order valence-electron chi connectivity index (χ1n) is 6.82. The molecule has 3 rings (SSSR count). The minimum absolute atomic E-state index is 0.129. The fourth-order valence-electron chi connectivity index (χ4n) is 2.76. The van der Waals surface area contributed by atoms with Gasteiger partial charge in [0, 0.05) is 0 Å². The minimum atomic E-state index is -4.80. The molecule has 1 fully saturated rings. The van der Waals surface area contributed by atoms with E-state index in [1.165, 1.54) is 6.07 Å². The van der Waals surface area contributed by atoms with E-state index in [4.69, 9.17) is 0 Å². The van der Waals surface area contributed by atoms with Crippen LogP contribution in [-0.4, -0.2) is 30.4 Å². The van der Waals surface area contributed by atoms with Gasteiger partial charge in [0.2, 0.25) is 0 Å². The van der Waals surface area contributed by atoms with Gasteiger partial charge in [-0.3, -0.25) is 9.79 Å². The van der Waals surface area contributed by atoms with Crippen LogP contribution in [0.15, 0.2) is 23.2 Å². The first-order valence-corrected chi connectivity index (χ1v) is 6.82. The van der Waals surface area contributed by atoms with Crippen LogP contribution >= 0.6 is 0 Å². The van der Waals surface area contributed by atoms with E-state index in [9.17, 15) is 22.4 Å². The second kappa shape index (κ2) is 5.05. The molecule has 1 aromatic rings. The van der Waals surface area contributed by atoms with Crippen molar-refractivity contribution in [2.24, 2.45) is 4.99 Å². The molecule has 8 heteroatoms. The van der Waals surface area contributed by atoms with Crippen molar-refractivity contribution in [2.75, 3.05) is 13.1 Å². The standard InChI is InChI=1S/C14H13F4N3O/c15-10-8(2-1-3-9(10)14(16,17)18)11-20-12(22)13(21-11)4-6-19-7-5-13/h1-3,19H,4-7H2,(H,20,21,22). The highest BCUT2D eigenvalue weighted by Gasteiger charge is 2.45. The Hall–Kier alpha value is -1.96. The topological polar surface area (TPSA) is 53.5 Å². The van der Waals surface area contributed by atoms with E-state index in [-0.39, 0.29) is 17.3 Å². The van der Waals surface area contributed by atoms with Crippen LogP contribution in [0.4, 0.5) is 17.6 Å². The van der Waals surface area contributed by atoms with Gasteiger partial charge in [0.1, 0.15) is 17.2 Å². The summed E-state index contributed by atoms with van der Waals surface area (Å²) in [5.74, 6) is -1.93. The highest BCUT2D eigenvalue weighted by molar-refractivity contribution is 6.15. The first kappa shape index (κ1) is 15.0. The van der Waals surface area contributed by atoms with Gasteiger partial charge < -0.3 is 10.6 Å². The highest BCUT2D eigenvalue weighted by Crippen LogP contribution is 2.34. The number of hydrogen-bond acceptors (Lipinski definition) is 3. The number of benzene rings is 1. The highest BCUT2D eigenvalue weighted by atomic mass is 19.4. The van der Waals surface area contributed by atoms with Crippen LogP contribution in [0.3, 0.4) is 0 Å². The summed E-state index contributed by atoms with van der Waals surface area (Å²) in [5.41, 5.74) is -2.70. The van der Waals surface area contributed by atoms with Gasteiger partial charge in [0.25, 0.3) is 5.91 Å². The van der Waals surface area contributed by atoms with Crippen LogP contribution in [0.1, 0.15) is 24.0 Å². The zero-order valence-electron chi connectivity index (χ0n) is 11.4. The maximum Gasteiger partial charge on any atom is 0.419 e. The number of amidine groups is 1. The van der Waals surface area contributed by atoms with E-state index in [1.54, 1.807) is 0 Å². The van der Waals surface area contributed by atoms with Gasteiger partial charge in [-0.15, -0.1) is 0 Å². The molecule has 0 unspecified atom stereocenters. The minimum Gasteiger partial charge on any atom is -0.317 e. The largest absolute Gasteiger partial charge is 0.419 e. The maximum absolute atomic E-state index is 14.1. The van der Waals surface area contributed by atoms with Crippen molar-refractivity contribution < 1.29 is 22.4 Å². The maximum atomic E-state index is 14.1. The quantitative estimate of drug-likeness (QED) is 0.777. The number of hydrogen-bond donors (Lipinski definition) is 2. The van der Waals surface area contributed by atoms with E-state index in [0.29, 0.717) is 32.0 Å². The molecular formula is C14H13F4N3O. The van der Waals surface area contributed by atoms with Gasteiger partial charge in [-0.1, -0.05) is 6.07 Å². The molecular weight excluding hydrogens is 302 g/mol.